The Morgan fingerprint density at radius 1 is 0.962 bits per heavy atom. The monoisotopic (exact) mass is 408 g/mol. The molecule has 4 heteroatoms. The van der Waals surface area contributed by atoms with Gasteiger partial charge in [0.15, 0.2) is 0 Å². The van der Waals surface area contributed by atoms with Gasteiger partial charge in [0.05, 0.1) is 11.9 Å². The van der Waals surface area contributed by atoms with E-state index in [0.717, 1.165) is 27.0 Å². The minimum absolute atomic E-state index is 0.517. The summed E-state index contributed by atoms with van der Waals surface area (Å²) in [6, 6.07) is 22.2. The summed E-state index contributed by atoms with van der Waals surface area (Å²) in [6.07, 6.45) is 1.78. The van der Waals surface area contributed by atoms with Crippen molar-refractivity contribution in [2.24, 2.45) is 5.10 Å². The molecule has 0 aliphatic heterocycles. The standard InChI is InChI=1S/C22H21BrN2O/c1-16-7-12-21(13-17(16)2)25-24-14-19-5-3-4-6-22(19)26-15-18-8-10-20(23)11-9-18/h3-14,25H,15H2,1-2H3. The van der Waals surface area contributed by atoms with Crippen LogP contribution in [0.1, 0.15) is 22.3 Å². The van der Waals surface area contributed by atoms with E-state index in [9.17, 15) is 0 Å². The molecule has 0 saturated carbocycles. The molecule has 26 heavy (non-hydrogen) atoms. The van der Waals surface area contributed by atoms with Gasteiger partial charge in [0, 0.05) is 10.0 Å². The Bertz CT molecular complexity index is 904. The zero-order valence-corrected chi connectivity index (χ0v) is 16.5. The predicted molar refractivity (Wildman–Crippen MR) is 112 cm³/mol. The normalized spacial score (nSPS) is 10.9. The van der Waals surface area contributed by atoms with Crippen LogP contribution in [0.15, 0.2) is 76.3 Å². The van der Waals surface area contributed by atoms with Crippen LogP contribution in [0.3, 0.4) is 0 Å². The average Bonchev–Trinajstić information content (AvgIpc) is 2.65. The molecule has 132 valence electrons. The molecule has 0 unspecified atom stereocenters. The molecule has 0 atom stereocenters. The van der Waals surface area contributed by atoms with Crippen LogP contribution in [-0.2, 0) is 6.61 Å². The Morgan fingerprint density at radius 3 is 2.50 bits per heavy atom. The number of hydrogen-bond donors (Lipinski definition) is 1. The molecule has 0 heterocycles. The number of hydrogen-bond acceptors (Lipinski definition) is 3. The molecule has 0 aliphatic rings. The molecule has 0 saturated heterocycles. The number of anilines is 1. The Hall–Kier alpha value is -2.59. The highest BCUT2D eigenvalue weighted by molar-refractivity contribution is 9.10. The number of halogens is 1. The highest BCUT2D eigenvalue weighted by Crippen LogP contribution is 2.19. The summed E-state index contributed by atoms with van der Waals surface area (Å²) < 4.78 is 7.03. The van der Waals surface area contributed by atoms with E-state index in [0.29, 0.717) is 6.61 Å². The number of para-hydroxylation sites is 1. The molecule has 0 amide bonds. The van der Waals surface area contributed by atoms with Crippen LogP contribution in [0.2, 0.25) is 0 Å². The van der Waals surface area contributed by atoms with Crippen molar-refractivity contribution in [2.45, 2.75) is 20.5 Å². The Morgan fingerprint density at radius 2 is 1.73 bits per heavy atom. The highest BCUT2D eigenvalue weighted by Gasteiger charge is 2.02. The van der Waals surface area contributed by atoms with Crippen molar-refractivity contribution in [1.29, 1.82) is 0 Å². The van der Waals surface area contributed by atoms with Gasteiger partial charge in [0.2, 0.25) is 0 Å². The van der Waals surface area contributed by atoms with E-state index in [4.69, 9.17) is 4.74 Å². The van der Waals surface area contributed by atoms with Gasteiger partial charge in [0.25, 0.3) is 0 Å². The first kappa shape index (κ1) is 18.2. The summed E-state index contributed by atoms with van der Waals surface area (Å²) in [5.74, 6) is 0.807. The molecule has 3 nitrogen and oxygen atoms in total. The van der Waals surface area contributed by atoms with Crippen LogP contribution in [0.4, 0.5) is 5.69 Å². The molecule has 0 aliphatic carbocycles. The van der Waals surface area contributed by atoms with Crippen LogP contribution in [-0.4, -0.2) is 6.21 Å². The number of nitrogens with one attached hydrogen (secondary N) is 1. The van der Waals surface area contributed by atoms with E-state index in [-0.39, 0.29) is 0 Å². The second-order valence-corrected chi connectivity index (χ2v) is 7.04. The molecule has 3 aromatic rings. The summed E-state index contributed by atoms with van der Waals surface area (Å²) >= 11 is 3.44. The number of hydrazone groups is 1. The quantitative estimate of drug-likeness (QED) is 0.395. The molecule has 0 fully saturated rings. The molecule has 3 aromatic carbocycles. The first-order valence-electron chi connectivity index (χ1n) is 8.44. The second-order valence-electron chi connectivity index (χ2n) is 6.12. The SMILES string of the molecule is Cc1ccc(NN=Cc2ccccc2OCc2ccc(Br)cc2)cc1C. The minimum Gasteiger partial charge on any atom is -0.488 e. The van der Waals surface area contributed by atoms with Crippen LogP contribution in [0, 0.1) is 13.8 Å². The Kier molecular flexibility index (Phi) is 6.08. The van der Waals surface area contributed by atoms with Crippen LogP contribution in [0.5, 0.6) is 5.75 Å². The largest absolute Gasteiger partial charge is 0.488 e. The average molecular weight is 409 g/mol. The van der Waals surface area contributed by atoms with Crippen molar-refractivity contribution in [3.05, 3.63) is 93.5 Å². The summed E-state index contributed by atoms with van der Waals surface area (Å²) in [6.45, 7) is 4.71. The van der Waals surface area contributed by atoms with Gasteiger partial charge in [-0.3, -0.25) is 5.43 Å². The number of nitrogens with zero attached hydrogens (tertiary/aromatic N) is 1. The van der Waals surface area contributed by atoms with E-state index in [1.54, 1.807) is 6.21 Å². The van der Waals surface area contributed by atoms with Gasteiger partial charge in [0.1, 0.15) is 12.4 Å². The fraction of sp³-hybridized carbons (Fsp3) is 0.136. The maximum Gasteiger partial charge on any atom is 0.128 e. The third kappa shape index (κ3) is 4.96. The van der Waals surface area contributed by atoms with Gasteiger partial charge in [-0.1, -0.05) is 46.3 Å². The molecule has 0 aromatic heterocycles. The van der Waals surface area contributed by atoms with Gasteiger partial charge in [-0.15, -0.1) is 0 Å². The molecule has 3 rings (SSSR count). The van der Waals surface area contributed by atoms with E-state index >= 15 is 0 Å². The molecular formula is C22H21BrN2O. The van der Waals surface area contributed by atoms with Crippen molar-refractivity contribution < 1.29 is 4.74 Å². The Labute approximate surface area is 162 Å². The van der Waals surface area contributed by atoms with Gasteiger partial charge in [-0.2, -0.15) is 5.10 Å². The van der Waals surface area contributed by atoms with Crippen LogP contribution >= 0.6 is 15.9 Å². The van der Waals surface area contributed by atoms with Gasteiger partial charge < -0.3 is 4.74 Å². The van der Waals surface area contributed by atoms with Crippen molar-refractivity contribution >= 4 is 27.8 Å². The highest BCUT2D eigenvalue weighted by atomic mass is 79.9. The van der Waals surface area contributed by atoms with Crippen molar-refractivity contribution in [2.75, 3.05) is 5.43 Å². The number of aryl methyl sites for hydroxylation is 2. The minimum atomic E-state index is 0.517. The van der Waals surface area contributed by atoms with Crippen LogP contribution in [0.25, 0.3) is 0 Å². The molecule has 0 bridgehead atoms. The predicted octanol–water partition coefficient (Wildman–Crippen LogP) is 6.09. The van der Waals surface area contributed by atoms with Crippen molar-refractivity contribution in [3.8, 4) is 5.75 Å². The number of ether oxygens (including phenoxy) is 1. The zero-order valence-electron chi connectivity index (χ0n) is 14.9. The summed E-state index contributed by atoms with van der Waals surface area (Å²) in [5.41, 5.74) is 8.61. The topological polar surface area (TPSA) is 33.6 Å². The van der Waals surface area contributed by atoms with E-state index in [2.05, 4.69) is 52.4 Å². The van der Waals surface area contributed by atoms with Crippen molar-refractivity contribution in [1.82, 2.24) is 0 Å². The maximum absolute atomic E-state index is 5.97. The number of rotatable bonds is 6. The fourth-order valence-electron chi connectivity index (χ4n) is 2.45. The van der Waals surface area contributed by atoms with Gasteiger partial charge >= 0.3 is 0 Å². The first-order valence-corrected chi connectivity index (χ1v) is 9.24. The first-order chi connectivity index (χ1) is 12.6. The molecule has 1 N–H and O–H groups in total. The smallest absolute Gasteiger partial charge is 0.128 e. The summed E-state index contributed by atoms with van der Waals surface area (Å²) in [7, 11) is 0. The van der Waals surface area contributed by atoms with Crippen molar-refractivity contribution in [3.63, 3.8) is 0 Å². The van der Waals surface area contributed by atoms with Crippen LogP contribution < -0.4 is 10.2 Å². The zero-order chi connectivity index (χ0) is 18.4. The lowest BCUT2D eigenvalue weighted by Crippen LogP contribution is -1.99. The van der Waals surface area contributed by atoms with Gasteiger partial charge in [-0.05, 0) is 66.9 Å². The van der Waals surface area contributed by atoms with E-state index in [1.165, 1.54) is 11.1 Å². The van der Waals surface area contributed by atoms with E-state index < -0.39 is 0 Å². The van der Waals surface area contributed by atoms with Gasteiger partial charge in [-0.25, -0.2) is 0 Å². The summed E-state index contributed by atoms with van der Waals surface area (Å²) in [5, 5.41) is 4.35. The third-order valence-electron chi connectivity index (χ3n) is 4.13. The Balaban J connectivity index is 1.66. The lowest BCUT2D eigenvalue weighted by molar-refractivity contribution is 0.306. The third-order valence-corrected chi connectivity index (χ3v) is 4.66. The fourth-order valence-corrected chi connectivity index (χ4v) is 2.71. The number of benzene rings is 3. The summed E-state index contributed by atoms with van der Waals surface area (Å²) in [4.78, 5) is 0. The molecular weight excluding hydrogens is 388 g/mol. The lowest BCUT2D eigenvalue weighted by Gasteiger charge is -2.09. The lowest BCUT2D eigenvalue weighted by atomic mass is 10.1. The molecule has 0 spiro atoms. The maximum atomic E-state index is 5.97. The van der Waals surface area contributed by atoms with E-state index in [1.807, 2.05) is 54.6 Å². The second kappa shape index (κ2) is 8.68. The molecule has 0 radical (unpaired) electrons.